The van der Waals surface area contributed by atoms with E-state index in [9.17, 15) is 9.90 Å². The zero-order chi connectivity index (χ0) is 17.9. The molecule has 126 valence electrons. The van der Waals surface area contributed by atoms with Crippen LogP contribution in [0.15, 0.2) is 54.6 Å². The lowest BCUT2D eigenvalue weighted by Gasteiger charge is -2.22. The number of carbonyl (C=O) groups is 1. The third-order valence-corrected chi connectivity index (χ3v) is 3.61. The molecule has 2 aromatic carbocycles. The van der Waals surface area contributed by atoms with Gasteiger partial charge >= 0.3 is 5.97 Å². The summed E-state index contributed by atoms with van der Waals surface area (Å²) < 4.78 is 10.5. The minimum Gasteiger partial charge on any atom is -0.497 e. The first-order chi connectivity index (χ1) is 11.2. The van der Waals surface area contributed by atoms with E-state index in [1.807, 2.05) is 36.4 Å². The molecule has 0 amide bonds. The molecule has 2 aromatic rings. The average Bonchev–Trinajstić information content (AvgIpc) is 2.54. The molecule has 0 aliphatic carbocycles. The van der Waals surface area contributed by atoms with Crippen molar-refractivity contribution in [2.75, 3.05) is 7.11 Å². The zero-order valence-corrected chi connectivity index (χ0v) is 14.4. The van der Waals surface area contributed by atoms with Crippen molar-refractivity contribution >= 4 is 5.97 Å². The molecule has 0 saturated carbocycles. The molecule has 0 radical (unpaired) electrons. The summed E-state index contributed by atoms with van der Waals surface area (Å²) in [4.78, 5) is 11.8. The maximum Gasteiger partial charge on any atom is 0.338 e. The Morgan fingerprint density at radius 2 is 1.67 bits per heavy atom. The monoisotopic (exact) mass is 326 g/mol. The summed E-state index contributed by atoms with van der Waals surface area (Å²) in [5, 5.41) is 10.4. The van der Waals surface area contributed by atoms with E-state index in [1.54, 1.807) is 33.9 Å². The van der Waals surface area contributed by atoms with Crippen LogP contribution in [0.5, 0.6) is 11.5 Å². The number of aliphatic hydroxyl groups is 1. The molecule has 0 heterocycles. The van der Waals surface area contributed by atoms with Gasteiger partial charge in [-0.2, -0.15) is 0 Å². The van der Waals surface area contributed by atoms with Crippen LogP contribution in [0, 0.1) is 0 Å². The Morgan fingerprint density at radius 3 is 2.17 bits per heavy atom. The van der Waals surface area contributed by atoms with E-state index in [-0.39, 0.29) is 0 Å². The molecule has 0 bridgehead atoms. The molecule has 0 aromatic heterocycles. The topological polar surface area (TPSA) is 55.8 Å². The second kappa shape index (κ2) is 6.89. The van der Waals surface area contributed by atoms with E-state index in [1.165, 1.54) is 0 Å². The fourth-order valence-electron chi connectivity index (χ4n) is 2.25. The van der Waals surface area contributed by atoms with Crippen molar-refractivity contribution < 1.29 is 19.4 Å². The van der Waals surface area contributed by atoms with Crippen LogP contribution in [0.2, 0.25) is 0 Å². The molecule has 2 rings (SSSR count). The van der Waals surface area contributed by atoms with Crippen molar-refractivity contribution in [3.63, 3.8) is 0 Å². The number of hydrogen-bond acceptors (Lipinski definition) is 4. The van der Waals surface area contributed by atoms with Gasteiger partial charge in [0.15, 0.2) is 0 Å². The van der Waals surface area contributed by atoms with Crippen molar-refractivity contribution in [1.82, 2.24) is 0 Å². The molecule has 4 heteroatoms. The molecule has 0 saturated heterocycles. The number of hydrogen-bond donors (Lipinski definition) is 1. The zero-order valence-electron chi connectivity index (χ0n) is 14.4. The lowest BCUT2D eigenvalue weighted by atomic mass is 9.93. The Hall–Kier alpha value is -2.59. The van der Waals surface area contributed by atoms with Crippen LogP contribution < -0.4 is 9.47 Å². The van der Waals surface area contributed by atoms with Crippen LogP contribution in [0.4, 0.5) is 0 Å². The summed E-state index contributed by atoms with van der Waals surface area (Å²) in [6.45, 7) is 8.46. The van der Waals surface area contributed by atoms with Gasteiger partial charge < -0.3 is 14.6 Å². The van der Waals surface area contributed by atoms with E-state index in [4.69, 9.17) is 9.47 Å². The van der Waals surface area contributed by atoms with Gasteiger partial charge in [-0.25, -0.2) is 4.79 Å². The van der Waals surface area contributed by atoms with Gasteiger partial charge in [0.25, 0.3) is 0 Å². The second-order valence-electron chi connectivity index (χ2n) is 6.17. The predicted octanol–water partition coefficient (Wildman–Crippen LogP) is 4.07. The molecule has 0 unspecified atom stereocenters. The van der Waals surface area contributed by atoms with Crippen LogP contribution in [-0.4, -0.2) is 18.2 Å². The van der Waals surface area contributed by atoms with Gasteiger partial charge in [0.1, 0.15) is 11.5 Å². The maximum absolute atomic E-state index is 11.8. The van der Waals surface area contributed by atoms with E-state index in [0.29, 0.717) is 16.9 Å². The second-order valence-corrected chi connectivity index (χ2v) is 6.17. The first-order valence-corrected chi connectivity index (χ1v) is 7.61. The summed E-state index contributed by atoms with van der Waals surface area (Å²) in [5.74, 6) is 0.582. The first kappa shape index (κ1) is 17.8. The number of esters is 1. The van der Waals surface area contributed by atoms with Crippen LogP contribution in [-0.2, 0) is 10.4 Å². The third kappa shape index (κ3) is 4.03. The van der Waals surface area contributed by atoms with E-state index in [2.05, 4.69) is 6.58 Å². The minimum atomic E-state index is -1.16. The van der Waals surface area contributed by atoms with E-state index >= 15 is 0 Å². The normalized spacial score (nSPS) is 11.0. The van der Waals surface area contributed by atoms with Crippen LogP contribution in [0.25, 0.3) is 11.1 Å². The first-order valence-electron chi connectivity index (χ1n) is 7.61. The Kier molecular flexibility index (Phi) is 5.10. The van der Waals surface area contributed by atoms with Crippen molar-refractivity contribution in [2.45, 2.75) is 26.4 Å². The fraction of sp³-hybridized carbons (Fsp3) is 0.250. The van der Waals surface area contributed by atoms with Crippen LogP contribution in [0.1, 0.15) is 26.3 Å². The quantitative estimate of drug-likeness (QED) is 0.511. The minimum absolute atomic E-state index is 0.302. The van der Waals surface area contributed by atoms with Crippen molar-refractivity contribution in [3.05, 3.63) is 60.2 Å². The lowest BCUT2D eigenvalue weighted by molar-refractivity contribution is -0.130. The Balaban J connectivity index is 2.45. The highest BCUT2D eigenvalue weighted by Crippen LogP contribution is 2.34. The highest BCUT2D eigenvalue weighted by atomic mass is 16.5. The molecule has 0 fully saturated rings. The van der Waals surface area contributed by atoms with Gasteiger partial charge in [-0.3, -0.25) is 0 Å². The average molecular weight is 326 g/mol. The van der Waals surface area contributed by atoms with Crippen LogP contribution >= 0.6 is 0 Å². The summed E-state index contributed by atoms with van der Waals surface area (Å²) in [6.07, 6.45) is 0. The van der Waals surface area contributed by atoms with Crippen molar-refractivity contribution in [1.29, 1.82) is 0 Å². The van der Waals surface area contributed by atoms with Crippen molar-refractivity contribution in [2.24, 2.45) is 0 Å². The lowest BCUT2D eigenvalue weighted by Crippen LogP contribution is -2.19. The van der Waals surface area contributed by atoms with Crippen molar-refractivity contribution in [3.8, 4) is 22.6 Å². The molecular weight excluding hydrogens is 304 g/mol. The molecule has 24 heavy (non-hydrogen) atoms. The van der Waals surface area contributed by atoms with Gasteiger partial charge in [0.2, 0.25) is 0 Å². The number of benzene rings is 2. The number of methoxy groups -OCH3 is 1. The Labute approximate surface area is 142 Å². The van der Waals surface area contributed by atoms with E-state index in [0.717, 1.165) is 16.9 Å². The largest absolute Gasteiger partial charge is 0.497 e. The summed E-state index contributed by atoms with van der Waals surface area (Å²) >= 11 is 0. The summed E-state index contributed by atoms with van der Waals surface area (Å²) in [7, 11) is 1.62. The van der Waals surface area contributed by atoms with Gasteiger partial charge in [0, 0.05) is 11.1 Å². The predicted molar refractivity (Wildman–Crippen MR) is 94.1 cm³/mol. The fourth-order valence-corrected chi connectivity index (χ4v) is 2.25. The summed E-state index contributed by atoms with van der Waals surface area (Å²) in [5.41, 5.74) is 1.55. The number of rotatable bonds is 5. The summed E-state index contributed by atoms with van der Waals surface area (Å²) in [6, 6.07) is 13.0. The van der Waals surface area contributed by atoms with Gasteiger partial charge in [-0.15, -0.1) is 0 Å². The van der Waals surface area contributed by atoms with Gasteiger partial charge in [-0.05, 0) is 56.2 Å². The number of ether oxygens (including phenoxy) is 2. The molecule has 0 aliphatic heterocycles. The molecule has 0 aliphatic rings. The molecule has 0 atom stereocenters. The SMILES string of the molecule is C=C(C)C(=O)Oc1ccc(-c2ccc(OC)cc2)cc1C(C)(C)O. The Bertz CT molecular complexity index is 752. The maximum atomic E-state index is 11.8. The van der Waals surface area contributed by atoms with E-state index < -0.39 is 11.6 Å². The highest BCUT2D eigenvalue weighted by molar-refractivity contribution is 5.89. The molecule has 1 N–H and O–H groups in total. The highest BCUT2D eigenvalue weighted by Gasteiger charge is 2.23. The molecule has 0 spiro atoms. The van der Waals surface area contributed by atoms with Crippen LogP contribution in [0.3, 0.4) is 0 Å². The van der Waals surface area contributed by atoms with Gasteiger partial charge in [-0.1, -0.05) is 24.8 Å². The Morgan fingerprint density at radius 1 is 1.08 bits per heavy atom. The third-order valence-electron chi connectivity index (χ3n) is 3.61. The molecular formula is C20H22O4. The van der Waals surface area contributed by atoms with Gasteiger partial charge in [0.05, 0.1) is 12.7 Å². The standard InChI is InChI=1S/C20H22O4/c1-13(2)19(21)24-18-11-8-15(12-17(18)20(3,4)22)14-6-9-16(23-5)10-7-14/h6-12,22H,1H2,2-5H3. The number of carbonyl (C=O) groups excluding carboxylic acids is 1. The molecule has 4 nitrogen and oxygen atoms in total. The smallest absolute Gasteiger partial charge is 0.338 e.